The summed E-state index contributed by atoms with van der Waals surface area (Å²) in [6.07, 6.45) is -4.07. The standard InChI is InChI=1S/C8H12F3NO3S/c9-8(10,11)5-16-4-6(13)12-3-1-2-7(14)15/h1-5H2,(H,12,13)(H,14,15). The molecule has 0 aromatic rings. The Morgan fingerprint density at radius 3 is 2.44 bits per heavy atom. The van der Waals surface area contributed by atoms with Crippen LogP contribution in [0.15, 0.2) is 0 Å². The maximum atomic E-state index is 11.7. The summed E-state index contributed by atoms with van der Waals surface area (Å²) >= 11 is 0.479. The molecule has 0 aromatic heterocycles. The van der Waals surface area contributed by atoms with Gasteiger partial charge in [0.2, 0.25) is 5.91 Å². The molecule has 2 N–H and O–H groups in total. The minimum absolute atomic E-state index is 0.0734. The third-order valence-electron chi connectivity index (χ3n) is 1.39. The van der Waals surface area contributed by atoms with Crippen LogP contribution in [-0.2, 0) is 9.59 Å². The van der Waals surface area contributed by atoms with Gasteiger partial charge in [-0.2, -0.15) is 13.2 Å². The first-order chi connectivity index (χ1) is 7.31. The van der Waals surface area contributed by atoms with Crippen molar-refractivity contribution in [3.8, 4) is 0 Å². The van der Waals surface area contributed by atoms with E-state index < -0.39 is 23.8 Å². The average molecular weight is 259 g/mol. The molecule has 0 aliphatic rings. The van der Waals surface area contributed by atoms with E-state index in [1.165, 1.54) is 0 Å². The number of thioether (sulfide) groups is 1. The van der Waals surface area contributed by atoms with Crippen LogP contribution in [0.2, 0.25) is 0 Å². The van der Waals surface area contributed by atoms with Crippen LogP contribution in [0.4, 0.5) is 13.2 Å². The number of alkyl halides is 3. The Kier molecular flexibility index (Phi) is 6.95. The van der Waals surface area contributed by atoms with Crippen LogP contribution in [0, 0.1) is 0 Å². The molecule has 0 spiro atoms. The number of halogens is 3. The smallest absolute Gasteiger partial charge is 0.397 e. The van der Waals surface area contributed by atoms with Crippen LogP contribution in [-0.4, -0.2) is 41.2 Å². The van der Waals surface area contributed by atoms with E-state index in [1.54, 1.807) is 0 Å². The third-order valence-corrected chi connectivity index (χ3v) is 2.39. The highest BCUT2D eigenvalue weighted by Crippen LogP contribution is 2.20. The quantitative estimate of drug-likeness (QED) is 0.675. The molecule has 8 heteroatoms. The van der Waals surface area contributed by atoms with E-state index in [2.05, 4.69) is 5.32 Å². The minimum atomic E-state index is -4.27. The van der Waals surface area contributed by atoms with Crippen molar-refractivity contribution < 1.29 is 27.9 Å². The topological polar surface area (TPSA) is 66.4 Å². The normalized spacial score (nSPS) is 11.2. The molecule has 0 aliphatic heterocycles. The van der Waals surface area contributed by atoms with Crippen molar-refractivity contribution in [2.24, 2.45) is 0 Å². The van der Waals surface area contributed by atoms with Crippen LogP contribution in [0.5, 0.6) is 0 Å². The molecule has 0 bridgehead atoms. The van der Waals surface area contributed by atoms with Gasteiger partial charge in [-0.3, -0.25) is 9.59 Å². The van der Waals surface area contributed by atoms with E-state index in [1.807, 2.05) is 0 Å². The van der Waals surface area contributed by atoms with Crippen LogP contribution in [0.25, 0.3) is 0 Å². The van der Waals surface area contributed by atoms with Crippen LogP contribution in [0.1, 0.15) is 12.8 Å². The Hall–Kier alpha value is -0.920. The molecule has 4 nitrogen and oxygen atoms in total. The molecular weight excluding hydrogens is 247 g/mol. The van der Waals surface area contributed by atoms with E-state index in [0.29, 0.717) is 11.8 Å². The van der Waals surface area contributed by atoms with Crippen molar-refractivity contribution >= 4 is 23.6 Å². The number of aliphatic carboxylic acids is 1. The predicted octanol–water partition coefficient (Wildman–Crippen LogP) is 1.26. The summed E-state index contributed by atoms with van der Waals surface area (Å²) in [7, 11) is 0. The fraction of sp³-hybridized carbons (Fsp3) is 0.750. The van der Waals surface area contributed by atoms with Crippen LogP contribution in [0.3, 0.4) is 0 Å². The lowest BCUT2D eigenvalue weighted by molar-refractivity contribution is -0.137. The Morgan fingerprint density at radius 1 is 1.31 bits per heavy atom. The Labute approximate surface area is 94.6 Å². The van der Waals surface area contributed by atoms with Gasteiger partial charge < -0.3 is 10.4 Å². The summed E-state index contributed by atoms with van der Waals surface area (Å²) in [5, 5.41) is 10.6. The lowest BCUT2D eigenvalue weighted by atomic mass is 10.3. The van der Waals surface area contributed by atoms with Gasteiger partial charge in [-0.05, 0) is 6.42 Å². The average Bonchev–Trinajstić information content (AvgIpc) is 2.10. The number of carbonyl (C=O) groups excluding carboxylic acids is 1. The van der Waals surface area contributed by atoms with Crippen molar-refractivity contribution in [3.05, 3.63) is 0 Å². The third kappa shape index (κ3) is 11.2. The Morgan fingerprint density at radius 2 is 1.94 bits per heavy atom. The zero-order valence-electron chi connectivity index (χ0n) is 8.34. The zero-order valence-corrected chi connectivity index (χ0v) is 9.16. The first-order valence-electron chi connectivity index (χ1n) is 4.44. The number of carbonyl (C=O) groups is 2. The zero-order chi connectivity index (χ0) is 12.6. The molecule has 0 heterocycles. The number of carboxylic acid groups (broad SMARTS) is 1. The minimum Gasteiger partial charge on any atom is -0.481 e. The van der Waals surface area contributed by atoms with Crippen LogP contribution < -0.4 is 5.32 Å². The predicted molar refractivity (Wildman–Crippen MR) is 53.3 cm³/mol. The highest BCUT2D eigenvalue weighted by Gasteiger charge is 2.27. The highest BCUT2D eigenvalue weighted by atomic mass is 32.2. The molecule has 0 unspecified atom stereocenters. The van der Waals surface area contributed by atoms with Crippen LogP contribution >= 0.6 is 11.8 Å². The maximum absolute atomic E-state index is 11.7. The molecule has 0 rings (SSSR count). The van der Waals surface area contributed by atoms with Crippen molar-refractivity contribution in [1.82, 2.24) is 5.32 Å². The number of rotatable bonds is 7. The van der Waals surface area contributed by atoms with Crippen molar-refractivity contribution in [3.63, 3.8) is 0 Å². The van der Waals surface area contributed by atoms with Gasteiger partial charge in [0.1, 0.15) is 0 Å². The van der Waals surface area contributed by atoms with Gasteiger partial charge in [0.15, 0.2) is 0 Å². The maximum Gasteiger partial charge on any atom is 0.397 e. The monoisotopic (exact) mass is 259 g/mol. The summed E-state index contributed by atoms with van der Waals surface area (Å²) in [5.74, 6) is -2.82. The summed E-state index contributed by atoms with van der Waals surface area (Å²) < 4.78 is 35.1. The van der Waals surface area contributed by atoms with E-state index in [0.717, 1.165) is 0 Å². The molecule has 0 saturated carbocycles. The van der Waals surface area contributed by atoms with Gasteiger partial charge in [-0.15, -0.1) is 11.8 Å². The number of hydrogen-bond donors (Lipinski definition) is 2. The first kappa shape index (κ1) is 15.1. The molecule has 0 aromatic carbocycles. The SMILES string of the molecule is O=C(O)CCCNC(=O)CSCC(F)(F)F. The first-order valence-corrected chi connectivity index (χ1v) is 5.60. The van der Waals surface area contributed by atoms with E-state index >= 15 is 0 Å². The molecule has 0 fully saturated rings. The molecule has 0 saturated heterocycles. The number of carboxylic acids is 1. The van der Waals surface area contributed by atoms with E-state index in [-0.39, 0.29) is 25.1 Å². The molecule has 0 aliphatic carbocycles. The summed E-state index contributed by atoms with van der Waals surface area (Å²) in [5.41, 5.74) is 0. The molecule has 0 radical (unpaired) electrons. The second-order valence-corrected chi connectivity index (χ2v) is 3.94. The van der Waals surface area contributed by atoms with Gasteiger partial charge >= 0.3 is 12.1 Å². The molecule has 1 amide bonds. The summed E-state index contributed by atoms with van der Waals surface area (Å²) in [6.45, 7) is 0.164. The van der Waals surface area contributed by atoms with Gasteiger partial charge in [0, 0.05) is 13.0 Å². The highest BCUT2D eigenvalue weighted by molar-refractivity contribution is 8.00. The van der Waals surface area contributed by atoms with Gasteiger partial charge in [0.05, 0.1) is 11.5 Å². The molecular formula is C8H12F3NO3S. The lowest BCUT2D eigenvalue weighted by Gasteiger charge is -2.06. The van der Waals surface area contributed by atoms with Gasteiger partial charge in [-0.1, -0.05) is 0 Å². The lowest BCUT2D eigenvalue weighted by Crippen LogP contribution is -2.27. The van der Waals surface area contributed by atoms with Gasteiger partial charge in [-0.25, -0.2) is 0 Å². The number of nitrogens with one attached hydrogen (secondary N) is 1. The molecule has 0 atom stereocenters. The number of hydrogen-bond acceptors (Lipinski definition) is 3. The van der Waals surface area contributed by atoms with Crippen molar-refractivity contribution in [1.29, 1.82) is 0 Å². The summed E-state index contributed by atoms with van der Waals surface area (Å²) in [6, 6.07) is 0. The van der Waals surface area contributed by atoms with E-state index in [9.17, 15) is 22.8 Å². The van der Waals surface area contributed by atoms with E-state index in [4.69, 9.17) is 5.11 Å². The fourth-order valence-corrected chi connectivity index (χ4v) is 1.40. The van der Waals surface area contributed by atoms with Gasteiger partial charge in [0.25, 0.3) is 0 Å². The largest absolute Gasteiger partial charge is 0.481 e. The van der Waals surface area contributed by atoms with Crippen molar-refractivity contribution in [2.75, 3.05) is 18.1 Å². The Bertz CT molecular complexity index is 245. The Balaban J connectivity index is 3.42. The number of amides is 1. The second-order valence-electron chi connectivity index (χ2n) is 2.96. The van der Waals surface area contributed by atoms with Crippen molar-refractivity contribution in [2.45, 2.75) is 19.0 Å². The summed E-state index contributed by atoms with van der Waals surface area (Å²) in [4.78, 5) is 21.0. The fourth-order valence-electron chi connectivity index (χ4n) is 0.778. The molecule has 94 valence electrons. The molecule has 16 heavy (non-hydrogen) atoms. The second kappa shape index (κ2) is 7.37.